The first-order valence-corrected chi connectivity index (χ1v) is 11.2. The molecule has 0 aromatic rings. The molecule has 0 aromatic carbocycles. The molecule has 0 aliphatic rings. The van der Waals surface area contributed by atoms with Crippen LogP contribution in [-0.4, -0.2) is 43.2 Å². The first-order chi connectivity index (χ1) is 14.5. The van der Waals surface area contributed by atoms with Crippen LogP contribution in [-0.2, 0) is 9.59 Å². The Balaban J connectivity index is 0. The van der Waals surface area contributed by atoms with Crippen LogP contribution in [0.1, 0.15) is 78.1 Å². The minimum Gasteiger partial charge on any atom is -0.550 e. The van der Waals surface area contributed by atoms with Crippen LogP contribution in [0.25, 0.3) is 0 Å². The molecule has 0 aromatic heterocycles. The van der Waals surface area contributed by atoms with Gasteiger partial charge in [0, 0.05) is 32.0 Å². The van der Waals surface area contributed by atoms with E-state index in [-0.39, 0.29) is 12.5 Å². The maximum absolute atomic E-state index is 11.6. The minimum absolute atomic E-state index is 0.136. The third kappa shape index (κ3) is 33.6. The Labute approximate surface area is 183 Å². The van der Waals surface area contributed by atoms with E-state index in [2.05, 4.69) is 54.0 Å². The fourth-order valence-corrected chi connectivity index (χ4v) is 2.49. The number of nitrogens with one attached hydrogen (secondary N) is 2. The highest BCUT2D eigenvalue weighted by atomic mass is 16.4. The molecule has 0 atom stereocenters. The second-order valence-electron chi connectivity index (χ2n) is 6.92. The summed E-state index contributed by atoms with van der Waals surface area (Å²) >= 11 is 0. The van der Waals surface area contributed by atoms with Crippen LogP contribution >= 0.6 is 0 Å². The molecule has 174 valence electrons. The van der Waals surface area contributed by atoms with Crippen LogP contribution in [0, 0.1) is 0 Å². The van der Waals surface area contributed by atoms with Crippen LogP contribution in [0.3, 0.4) is 0 Å². The van der Waals surface area contributed by atoms with E-state index in [0.29, 0.717) is 26.1 Å². The number of aliphatic carboxylic acids is 1. The molecule has 0 saturated carbocycles. The van der Waals surface area contributed by atoms with Gasteiger partial charge in [0.25, 0.3) is 0 Å². The van der Waals surface area contributed by atoms with Gasteiger partial charge in [-0.2, -0.15) is 0 Å². The molecule has 0 bridgehead atoms. The number of carbonyl (C=O) groups is 2. The number of allylic oxidation sites excluding steroid dienone is 6. The molecule has 0 heterocycles. The molecule has 0 aliphatic carbocycles. The summed E-state index contributed by atoms with van der Waals surface area (Å²) in [4.78, 5) is 20.5. The van der Waals surface area contributed by atoms with Gasteiger partial charge in [0.1, 0.15) is 0 Å². The van der Waals surface area contributed by atoms with E-state index in [9.17, 15) is 4.79 Å². The van der Waals surface area contributed by atoms with Crippen molar-refractivity contribution in [1.82, 2.24) is 10.6 Å². The zero-order chi connectivity index (χ0) is 22.7. The highest BCUT2D eigenvalue weighted by Gasteiger charge is 1.99. The predicted molar refractivity (Wildman–Crippen MR) is 123 cm³/mol. The number of hydrogen-bond donors (Lipinski definition) is 3. The Kier molecular flexibility index (Phi) is 27.3. The Morgan fingerprint density at radius 3 is 2.03 bits per heavy atom. The number of carboxylic acids is 1. The number of unbranched alkanes of at least 4 members (excludes halogenated alkanes) is 5. The molecule has 30 heavy (non-hydrogen) atoms. The van der Waals surface area contributed by atoms with E-state index < -0.39 is 5.97 Å². The van der Waals surface area contributed by atoms with Gasteiger partial charge in [0.05, 0.1) is 6.61 Å². The Morgan fingerprint density at radius 2 is 1.40 bits per heavy atom. The van der Waals surface area contributed by atoms with Crippen LogP contribution in [0.15, 0.2) is 36.5 Å². The van der Waals surface area contributed by atoms with Crippen LogP contribution in [0.4, 0.5) is 0 Å². The number of carbonyl (C=O) groups excluding carboxylic acids is 2. The highest BCUT2D eigenvalue weighted by molar-refractivity contribution is 5.75. The maximum Gasteiger partial charge on any atom is 0.220 e. The lowest BCUT2D eigenvalue weighted by molar-refractivity contribution is -0.302. The van der Waals surface area contributed by atoms with Crippen molar-refractivity contribution < 1.29 is 19.8 Å². The average molecular weight is 424 g/mol. The van der Waals surface area contributed by atoms with Crippen molar-refractivity contribution in [2.24, 2.45) is 0 Å². The lowest BCUT2D eigenvalue weighted by Gasteiger charge is -2.06. The van der Waals surface area contributed by atoms with E-state index in [1.165, 1.54) is 19.3 Å². The highest BCUT2D eigenvalue weighted by Crippen LogP contribution is 2.08. The van der Waals surface area contributed by atoms with E-state index in [0.717, 1.165) is 45.4 Å². The van der Waals surface area contributed by atoms with E-state index in [1.807, 2.05) is 0 Å². The van der Waals surface area contributed by atoms with Gasteiger partial charge in [-0.25, -0.2) is 0 Å². The molecule has 0 rings (SSSR count). The molecule has 6 nitrogen and oxygen atoms in total. The Bertz CT molecular complexity index is 470. The summed E-state index contributed by atoms with van der Waals surface area (Å²) in [7, 11) is 0. The first-order valence-electron chi connectivity index (χ1n) is 11.2. The van der Waals surface area contributed by atoms with Gasteiger partial charge < -0.3 is 25.6 Å². The lowest BCUT2D eigenvalue weighted by atomic mass is 10.1. The van der Waals surface area contributed by atoms with Crippen molar-refractivity contribution in [3.63, 3.8) is 0 Å². The van der Waals surface area contributed by atoms with Gasteiger partial charge in [-0.15, -0.1) is 0 Å². The van der Waals surface area contributed by atoms with Crippen LogP contribution in [0.5, 0.6) is 0 Å². The van der Waals surface area contributed by atoms with Gasteiger partial charge in [0.2, 0.25) is 5.91 Å². The molecular weight excluding hydrogens is 380 g/mol. The standard InChI is InChI=1S/C22H40N2O2.C2H4O2/c1-2-3-4-5-6-7-8-9-10-11-12-13-14-15-16-17-22(26)24-19-18-23-20-21-25;1-2(3)4/h3-4,6-7,9-10,23,25H,2,5,8,11-21H2,1H3,(H,24,26);1H3,(H,3,4)/p-1. The van der Waals surface area contributed by atoms with Crippen molar-refractivity contribution in [3.05, 3.63) is 36.5 Å². The molecule has 0 saturated heterocycles. The fraction of sp³-hybridized carbons (Fsp3) is 0.667. The lowest BCUT2D eigenvalue weighted by Crippen LogP contribution is -2.32. The number of hydrogen-bond acceptors (Lipinski definition) is 5. The quantitative estimate of drug-likeness (QED) is 0.232. The van der Waals surface area contributed by atoms with E-state index >= 15 is 0 Å². The van der Waals surface area contributed by atoms with Crippen molar-refractivity contribution in [3.8, 4) is 0 Å². The summed E-state index contributed by atoms with van der Waals surface area (Å²) in [6.45, 7) is 5.19. The van der Waals surface area contributed by atoms with E-state index in [1.54, 1.807) is 0 Å². The summed E-state index contributed by atoms with van der Waals surface area (Å²) in [6.07, 6.45) is 24.2. The van der Waals surface area contributed by atoms with Crippen molar-refractivity contribution >= 4 is 11.9 Å². The normalized spacial score (nSPS) is 11.2. The Morgan fingerprint density at radius 1 is 0.833 bits per heavy atom. The minimum atomic E-state index is -1.08. The molecular formula is C24H43N2O4-. The molecule has 0 radical (unpaired) electrons. The summed E-state index contributed by atoms with van der Waals surface area (Å²) in [5.41, 5.74) is 0. The number of aliphatic hydroxyl groups is 1. The average Bonchev–Trinajstić information content (AvgIpc) is 2.70. The second kappa shape index (κ2) is 27.1. The topological polar surface area (TPSA) is 101 Å². The molecule has 3 N–H and O–H groups in total. The Hall–Kier alpha value is -1.92. The number of amides is 1. The van der Waals surface area contributed by atoms with Gasteiger partial charge in [-0.05, 0) is 45.4 Å². The smallest absolute Gasteiger partial charge is 0.220 e. The van der Waals surface area contributed by atoms with Gasteiger partial charge in [0.15, 0.2) is 0 Å². The number of aliphatic hydroxyl groups excluding tert-OH is 1. The second-order valence-corrected chi connectivity index (χ2v) is 6.92. The van der Waals surface area contributed by atoms with Crippen LogP contribution in [0.2, 0.25) is 0 Å². The summed E-state index contributed by atoms with van der Waals surface area (Å²) in [5.74, 6) is -0.947. The van der Waals surface area contributed by atoms with Crippen molar-refractivity contribution in [2.45, 2.75) is 78.1 Å². The van der Waals surface area contributed by atoms with Gasteiger partial charge in [-0.1, -0.05) is 62.6 Å². The molecule has 0 fully saturated rings. The molecule has 1 amide bonds. The SMILES string of the molecule is CC(=O)[O-].CCC=CCC=CCC=CCCCCCCCC(=O)NCCNCCO. The number of rotatable bonds is 18. The predicted octanol–water partition coefficient (Wildman–Crippen LogP) is 3.03. The van der Waals surface area contributed by atoms with Gasteiger partial charge in [-0.3, -0.25) is 4.79 Å². The summed E-state index contributed by atoms with van der Waals surface area (Å²) < 4.78 is 0. The summed E-state index contributed by atoms with van der Waals surface area (Å²) in [6, 6.07) is 0. The first kappa shape index (κ1) is 30.3. The summed E-state index contributed by atoms with van der Waals surface area (Å²) in [5, 5.41) is 23.4. The van der Waals surface area contributed by atoms with Crippen molar-refractivity contribution in [2.75, 3.05) is 26.2 Å². The third-order valence-electron chi connectivity index (χ3n) is 3.97. The van der Waals surface area contributed by atoms with Crippen molar-refractivity contribution in [1.29, 1.82) is 0 Å². The molecule has 0 aliphatic heterocycles. The molecule has 0 spiro atoms. The van der Waals surface area contributed by atoms with Crippen LogP contribution < -0.4 is 15.7 Å². The van der Waals surface area contributed by atoms with E-state index in [4.69, 9.17) is 15.0 Å². The fourth-order valence-electron chi connectivity index (χ4n) is 2.49. The number of carboxylic acid groups (broad SMARTS) is 1. The zero-order valence-electron chi connectivity index (χ0n) is 19.0. The third-order valence-corrected chi connectivity index (χ3v) is 3.97. The zero-order valence-corrected chi connectivity index (χ0v) is 19.0. The molecule has 6 heteroatoms. The van der Waals surface area contributed by atoms with Gasteiger partial charge >= 0.3 is 0 Å². The molecule has 0 unspecified atom stereocenters. The maximum atomic E-state index is 11.6. The largest absolute Gasteiger partial charge is 0.550 e. The monoisotopic (exact) mass is 423 g/mol.